The van der Waals surface area contributed by atoms with E-state index >= 15 is 0 Å². The Balaban J connectivity index is 1.61. The molecule has 2 aromatic rings. The van der Waals surface area contributed by atoms with Gasteiger partial charge >= 0.3 is 5.69 Å². The first-order valence-electron chi connectivity index (χ1n) is 8.71. The minimum absolute atomic E-state index is 0.0789. The van der Waals surface area contributed by atoms with Crippen molar-refractivity contribution in [3.8, 4) is 0 Å². The molecule has 0 radical (unpaired) electrons. The molecule has 5 heteroatoms. The lowest BCUT2D eigenvalue weighted by Gasteiger charge is -2.44. The monoisotopic (exact) mass is 325 g/mol. The van der Waals surface area contributed by atoms with Crippen LogP contribution in [0, 0.1) is 5.41 Å². The second-order valence-corrected chi connectivity index (χ2v) is 7.27. The van der Waals surface area contributed by atoms with Gasteiger partial charge in [0, 0.05) is 25.7 Å². The molecule has 2 aliphatic rings. The van der Waals surface area contributed by atoms with E-state index in [0.29, 0.717) is 5.56 Å². The summed E-state index contributed by atoms with van der Waals surface area (Å²) in [7, 11) is 1.73. The SMILES string of the molecule is Cn1c(=O)[nH]c2cc(C(=O)N3CCC[C@@]4(CC=CCC4)C3)ccc21. The number of piperidine rings is 1. The number of nitrogens with one attached hydrogen (secondary N) is 1. The maximum absolute atomic E-state index is 13.0. The van der Waals surface area contributed by atoms with Gasteiger partial charge in [-0.15, -0.1) is 0 Å². The number of amides is 1. The molecule has 0 bridgehead atoms. The van der Waals surface area contributed by atoms with E-state index in [-0.39, 0.29) is 17.0 Å². The Hall–Kier alpha value is -2.30. The topological polar surface area (TPSA) is 58.1 Å². The van der Waals surface area contributed by atoms with Crippen LogP contribution in [-0.4, -0.2) is 33.4 Å². The van der Waals surface area contributed by atoms with Crippen LogP contribution < -0.4 is 5.69 Å². The molecular formula is C19H23N3O2. The predicted molar refractivity (Wildman–Crippen MR) is 94.1 cm³/mol. The van der Waals surface area contributed by atoms with Crippen molar-refractivity contribution >= 4 is 16.9 Å². The average Bonchev–Trinajstić information content (AvgIpc) is 2.89. The lowest BCUT2D eigenvalue weighted by Crippen LogP contribution is -2.46. The molecule has 1 atom stereocenters. The van der Waals surface area contributed by atoms with Crippen LogP contribution in [0.4, 0.5) is 0 Å². The summed E-state index contributed by atoms with van der Waals surface area (Å²) in [4.78, 5) is 29.5. The fourth-order valence-electron chi connectivity index (χ4n) is 4.25. The molecule has 1 aliphatic carbocycles. The number of benzene rings is 1. The van der Waals surface area contributed by atoms with E-state index in [2.05, 4.69) is 17.1 Å². The molecule has 0 unspecified atom stereocenters. The zero-order chi connectivity index (χ0) is 16.7. The molecule has 1 aromatic carbocycles. The van der Waals surface area contributed by atoms with Crippen LogP contribution in [0.25, 0.3) is 11.0 Å². The summed E-state index contributed by atoms with van der Waals surface area (Å²) in [5, 5.41) is 0. The molecule has 1 aromatic heterocycles. The Kier molecular flexibility index (Phi) is 3.59. The van der Waals surface area contributed by atoms with Gasteiger partial charge in [0.1, 0.15) is 0 Å². The van der Waals surface area contributed by atoms with Crippen LogP contribution in [0.1, 0.15) is 42.5 Å². The number of rotatable bonds is 1. The van der Waals surface area contributed by atoms with E-state index in [1.807, 2.05) is 17.0 Å². The van der Waals surface area contributed by atoms with Crippen molar-refractivity contribution in [2.45, 2.75) is 32.1 Å². The van der Waals surface area contributed by atoms with Crippen molar-refractivity contribution in [2.24, 2.45) is 12.5 Å². The quantitative estimate of drug-likeness (QED) is 0.820. The highest BCUT2D eigenvalue weighted by molar-refractivity contribution is 5.97. The number of imidazole rings is 1. The molecule has 5 nitrogen and oxygen atoms in total. The second kappa shape index (κ2) is 5.65. The number of likely N-dealkylation sites (tertiary alicyclic amines) is 1. The zero-order valence-corrected chi connectivity index (χ0v) is 14.0. The molecule has 4 rings (SSSR count). The van der Waals surface area contributed by atoms with Crippen LogP contribution in [0.5, 0.6) is 0 Å². The Morgan fingerprint density at radius 3 is 2.92 bits per heavy atom. The molecule has 1 N–H and O–H groups in total. The Morgan fingerprint density at radius 2 is 2.12 bits per heavy atom. The van der Waals surface area contributed by atoms with Gasteiger partial charge in [0.15, 0.2) is 0 Å². The number of allylic oxidation sites excluding steroid dienone is 2. The number of carbonyl (C=O) groups is 1. The average molecular weight is 325 g/mol. The predicted octanol–water partition coefficient (Wildman–Crippen LogP) is 2.83. The first-order chi connectivity index (χ1) is 11.6. The van der Waals surface area contributed by atoms with Crippen molar-refractivity contribution in [1.82, 2.24) is 14.5 Å². The Bertz CT molecular complexity index is 876. The molecule has 1 saturated heterocycles. The molecule has 126 valence electrons. The van der Waals surface area contributed by atoms with Crippen molar-refractivity contribution < 1.29 is 4.79 Å². The van der Waals surface area contributed by atoms with E-state index in [1.165, 1.54) is 12.8 Å². The number of aryl methyl sites for hydroxylation is 1. The lowest BCUT2D eigenvalue weighted by molar-refractivity contribution is 0.0484. The number of hydrogen-bond acceptors (Lipinski definition) is 2. The zero-order valence-electron chi connectivity index (χ0n) is 14.0. The number of aromatic nitrogens is 2. The molecule has 1 amide bonds. The van der Waals surface area contributed by atoms with E-state index < -0.39 is 0 Å². The fourth-order valence-corrected chi connectivity index (χ4v) is 4.25. The van der Waals surface area contributed by atoms with Gasteiger partial charge in [-0.1, -0.05) is 12.2 Å². The minimum Gasteiger partial charge on any atom is -0.338 e. The van der Waals surface area contributed by atoms with Gasteiger partial charge < -0.3 is 9.88 Å². The van der Waals surface area contributed by atoms with Crippen LogP contribution in [-0.2, 0) is 7.05 Å². The number of hydrogen-bond donors (Lipinski definition) is 1. The molecule has 2 heterocycles. The summed E-state index contributed by atoms with van der Waals surface area (Å²) >= 11 is 0. The summed E-state index contributed by atoms with van der Waals surface area (Å²) in [5.74, 6) is 0.0789. The molecule has 24 heavy (non-hydrogen) atoms. The van der Waals surface area contributed by atoms with E-state index in [4.69, 9.17) is 0 Å². The van der Waals surface area contributed by atoms with Crippen LogP contribution >= 0.6 is 0 Å². The van der Waals surface area contributed by atoms with Crippen molar-refractivity contribution in [2.75, 3.05) is 13.1 Å². The standard InChI is InChI=1S/C19H23N3O2/c1-21-16-7-6-14(12-15(16)20-18(21)24)17(23)22-11-5-10-19(13-22)8-3-2-4-9-19/h2-3,6-7,12H,4-5,8-11,13H2,1H3,(H,20,24)/t19-/m0/s1. The third-order valence-corrected chi connectivity index (χ3v) is 5.66. The lowest BCUT2D eigenvalue weighted by atomic mass is 9.71. The van der Waals surface area contributed by atoms with Gasteiger partial charge in [0.2, 0.25) is 0 Å². The van der Waals surface area contributed by atoms with Gasteiger partial charge in [-0.2, -0.15) is 0 Å². The molecule has 1 aliphatic heterocycles. The number of aromatic amines is 1. The highest BCUT2D eigenvalue weighted by atomic mass is 16.2. The highest BCUT2D eigenvalue weighted by Crippen LogP contribution is 2.41. The molecule has 0 saturated carbocycles. The first-order valence-corrected chi connectivity index (χ1v) is 8.71. The normalized spacial score (nSPS) is 24.0. The van der Waals surface area contributed by atoms with Gasteiger partial charge in [0.05, 0.1) is 11.0 Å². The molecular weight excluding hydrogens is 302 g/mol. The van der Waals surface area contributed by atoms with Crippen molar-refractivity contribution in [1.29, 1.82) is 0 Å². The Labute approximate surface area is 141 Å². The van der Waals surface area contributed by atoms with Gasteiger partial charge in [-0.05, 0) is 55.7 Å². The molecule has 1 fully saturated rings. The van der Waals surface area contributed by atoms with Crippen LogP contribution in [0.3, 0.4) is 0 Å². The van der Waals surface area contributed by atoms with E-state index in [9.17, 15) is 9.59 Å². The van der Waals surface area contributed by atoms with Gasteiger partial charge in [0.25, 0.3) is 5.91 Å². The maximum Gasteiger partial charge on any atom is 0.326 e. The molecule has 1 spiro atoms. The summed E-state index contributed by atoms with van der Waals surface area (Å²) in [6.45, 7) is 1.67. The summed E-state index contributed by atoms with van der Waals surface area (Å²) in [5.41, 5.74) is 2.33. The number of nitrogens with zero attached hydrogens (tertiary/aromatic N) is 2. The van der Waals surface area contributed by atoms with E-state index in [0.717, 1.165) is 43.4 Å². The minimum atomic E-state index is -0.152. The number of carbonyl (C=O) groups excluding carboxylic acids is 1. The first kappa shape index (κ1) is 15.2. The third kappa shape index (κ3) is 2.48. The summed E-state index contributed by atoms with van der Waals surface area (Å²) < 4.78 is 1.56. The van der Waals surface area contributed by atoms with E-state index in [1.54, 1.807) is 17.7 Å². The van der Waals surface area contributed by atoms with Crippen LogP contribution in [0.2, 0.25) is 0 Å². The Morgan fingerprint density at radius 1 is 1.25 bits per heavy atom. The third-order valence-electron chi connectivity index (χ3n) is 5.66. The van der Waals surface area contributed by atoms with Gasteiger partial charge in [-0.25, -0.2) is 4.79 Å². The number of fused-ring (bicyclic) bond motifs is 1. The number of H-pyrrole nitrogens is 1. The summed E-state index contributed by atoms with van der Waals surface area (Å²) in [6.07, 6.45) is 10.2. The fraction of sp³-hybridized carbons (Fsp3) is 0.474. The largest absolute Gasteiger partial charge is 0.338 e. The maximum atomic E-state index is 13.0. The smallest absolute Gasteiger partial charge is 0.326 e. The highest BCUT2D eigenvalue weighted by Gasteiger charge is 2.36. The summed E-state index contributed by atoms with van der Waals surface area (Å²) in [6, 6.07) is 5.49. The van der Waals surface area contributed by atoms with Crippen LogP contribution in [0.15, 0.2) is 35.1 Å². The van der Waals surface area contributed by atoms with Crippen molar-refractivity contribution in [3.63, 3.8) is 0 Å². The van der Waals surface area contributed by atoms with Crippen molar-refractivity contribution in [3.05, 3.63) is 46.4 Å². The van der Waals surface area contributed by atoms with Gasteiger partial charge in [-0.3, -0.25) is 9.36 Å². The second-order valence-electron chi connectivity index (χ2n) is 7.27.